The summed E-state index contributed by atoms with van der Waals surface area (Å²) in [6.45, 7) is 0. The van der Waals surface area contributed by atoms with Gasteiger partial charge in [0.15, 0.2) is 11.6 Å². The van der Waals surface area contributed by atoms with Crippen LogP contribution in [0.1, 0.15) is 36.3 Å². The van der Waals surface area contributed by atoms with Gasteiger partial charge in [-0.2, -0.15) is 5.26 Å². The zero-order valence-corrected chi connectivity index (χ0v) is 25.2. The van der Waals surface area contributed by atoms with E-state index < -0.39 is 15.9 Å². The van der Waals surface area contributed by atoms with Gasteiger partial charge in [-0.25, -0.2) is 18.5 Å². The standard InChI is InChI=1S/C31H27Cl2N5O3S/c1-37(2)21-9-6-19(7-10-21)18-36-31-25(17-34)29(24-15-8-20(32)16-26(24)33)30-27(4-3-5-28(30)39)38(31)22-11-13-23(14-12-22)42(35,40)41/h6-16,18,29H,3-5H2,1-2H3,(H2,35,40,41)/b36-18+. The van der Waals surface area contributed by atoms with Crippen LogP contribution in [0.5, 0.6) is 0 Å². The Morgan fingerprint density at radius 3 is 2.33 bits per heavy atom. The topological polar surface area (TPSA) is 120 Å². The van der Waals surface area contributed by atoms with Gasteiger partial charge in [-0.1, -0.05) is 41.4 Å². The summed E-state index contributed by atoms with van der Waals surface area (Å²) in [4.78, 5) is 22.1. The third kappa shape index (κ3) is 5.72. The molecular formula is C31H27Cl2N5O3S. The molecule has 3 aromatic rings. The van der Waals surface area contributed by atoms with Crippen LogP contribution in [-0.2, 0) is 14.8 Å². The molecule has 214 valence electrons. The predicted molar refractivity (Wildman–Crippen MR) is 166 cm³/mol. The molecule has 1 atom stereocenters. The summed E-state index contributed by atoms with van der Waals surface area (Å²) in [7, 11) is -0.0252. The van der Waals surface area contributed by atoms with Gasteiger partial charge in [0, 0.05) is 59.4 Å². The minimum absolute atomic E-state index is 0.0569. The molecule has 1 heterocycles. The SMILES string of the molecule is CN(C)c1ccc(/C=N/C2=C(C#N)C(c3ccc(Cl)cc3Cl)C3=C(CCCC3=O)N2c2ccc(S(N)(=O)=O)cc2)cc1. The Morgan fingerprint density at radius 2 is 1.74 bits per heavy atom. The number of carbonyl (C=O) groups excluding carboxylic acids is 1. The van der Waals surface area contributed by atoms with E-state index >= 15 is 0 Å². The molecule has 0 fully saturated rings. The summed E-state index contributed by atoms with van der Waals surface area (Å²) in [5.41, 5.74) is 4.30. The van der Waals surface area contributed by atoms with Crippen LogP contribution in [-0.4, -0.2) is 34.5 Å². The Labute approximate surface area is 255 Å². The van der Waals surface area contributed by atoms with Crippen LogP contribution < -0.4 is 14.9 Å². The van der Waals surface area contributed by atoms with Crippen molar-refractivity contribution >= 4 is 56.6 Å². The molecule has 2 N–H and O–H groups in total. The van der Waals surface area contributed by atoms with Crippen molar-refractivity contribution in [1.29, 1.82) is 5.26 Å². The molecule has 0 radical (unpaired) electrons. The molecule has 8 nitrogen and oxygen atoms in total. The van der Waals surface area contributed by atoms with Gasteiger partial charge in [0.1, 0.15) is 0 Å². The molecule has 3 aromatic carbocycles. The van der Waals surface area contributed by atoms with Gasteiger partial charge in [-0.05, 0) is 72.5 Å². The maximum atomic E-state index is 13.6. The van der Waals surface area contributed by atoms with Crippen molar-refractivity contribution in [3.8, 4) is 6.07 Å². The molecule has 42 heavy (non-hydrogen) atoms. The van der Waals surface area contributed by atoms with E-state index in [2.05, 4.69) is 6.07 Å². The summed E-state index contributed by atoms with van der Waals surface area (Å²) in [6, 6.07) is 21.1. The molecule has 0 aromatic heterocycles. The van der Waals surface area contributed by atoms with Crippen LogP contribution in [0.3, 0.4) is 0 Å². The highest BCUT2D eigenvalue weighted by Crippen LogP contribution is 2.49. The lowest BCUT2D eigenvalue weighted by atomic mass is 9.75. The molecule has 0 saturated carbocycles. The molecule has 1 aliphatic heterocycles. The number of Topliss-reactive ketones (excluding diaryl/α,β-unsaturated/α-hetero) is 1. The second kappa shape index (κ2) is 11.7. The number of allylic oxidation sites excluding steroid dienone is 3. The second-order valence-electron chi connectivity index (χ2n) is 10.2. The smallest absolute Gasteiger partial charge is 0.238 e. The number of anilines is 2. The Morgan fingerprint density at radius 1 is 1.05 bits per heavy atom. The minimum Gasteiger partial charge on any atom is -0.378 e. The molecule has 0 bridgehead atoms. The van der Waals surface area contributed by atoms with Crippen molar-refractivity contribution in [2.75, 3.05) is 23.9 Å². The number of hydrogen-bond donors (Lipinski definition) is 1. The maximum Gasteiger partial charge on any atom is 0.238 e. The number of aliphatic imine (C=N–C) groups is 1. The van der Waals surface area contributed by atoms with Gasteiger partial charge in [-0.3, -0.25) is 9.69 Å². The Balaban J connectivity index is 1.75. The highest BCUT2D eigenvalue weighted by Gasteiger charge is 2.41. The van der Waals surface area contributed by atoms with Gasteiger partial charge >= 0.3 is 0 Å². The van der Waals surface area contributed by atoms with Gasteiger partial charge in [-0.15, -0.1) is 0 Å². The average molecular weight is 621 g/mol. The zero-order chi connectivity index (χ0) is 30.2. The quantitative estimate of drug-likeness (QED) is 0.329. The van der Waals surface area contributed by atoms with Crippen LogP contribution in [0.25, 0.3) is 0 Å². The number of halogens is 2. The molecule has 0 amide bonds. The number of carbonyl (C=O) groups is 1. The zero-order valence-electron chi connectivity index (χ0n) is 22.9. The average Bonchev–Trinajstić information content (AvgIpc) is 2.95. The highest BCUT2D eigenvalue weighted by molar-refractivity contribution is 7.89. The monoisotopic (exact) mass is 619 g/mol. The number of nitrogens with zero attached hydrogens (tertiary/aromatic N) is 4. The minimum atomic E-state index is -3.93. The summed E-state index contributed by atoms with van der Waals surface area (Å²) >= 11 is 12.9. The van der Waals surface area contributed by atoms with E-state index in [1.807, 2.05) is 43.3 Å². The Bertz CT molecular complexity index is 1810. The lowest BCUT2D eigenvalue weighted by Crippen LogP contribution is -2.35. The highest BCUT2D eigenvalue weighted by atomic mass is 35.5. The third-order valence-corrected chi connectivity index (χ3v) is 8.78. The number of nitrogens with two attached hydrogens (primary N) is 1. The number of ketones is 1. The van der Waals surface area contributed by atoms with Gasteiger partial charge in [0.25, 0.3) is 0 Å². The fraction of sp³-hybridized carbons (Fsp3) is 0.194. The van der Waals surface area contributed by atoms with E-state index in [0.717, 1.165) is 11.3 Å². The number of sulfonamides is 1. The number of rotatable bonds is 6. The van der Waals surface area contributed by atoms with E-state index in [1.54, 1.807) is 41.4 Å². The normalized spacial score (nSPS) is 17.5. The number of primary sulfonamides is 1. The first-order valence-electron chi connectivity index (χ1n) is 13.1. The van der Waals surface area contributed by atoms with Crippen molar-refractivity contribution < 1.29 is 13.2 Å². The molecule has 1 aliphatic carbocycles. The predicted octanol–water partition coefficient (Wildman–Crippen LogP) is 6.17. The molecule has 5 rings (SSSR count). The number of benzene rings is 3. The lowest BCUT2D eigenvalue weighted by Gasteiger charge is -2.39. The van der Waals surface area contributed by atoms with Crippen LogP contribution in [0.2, 0.25) is 10.0 Å². The summed E-state index contributed by atoms with van der Waals surface area (Å²) < 4.78 is 23.9. The van der Waals surface area contributed by atoms with E-state index in [-0.39, 0.29) is 16.3 Å². The Hall–Kier alpha value is -3.94. The molecule has 0 saturated heterocycles. The summed E-state index contributed by atoms with van der Waals surface area (Å²) in [5, 5.41) is 16.7. The van der Waals surface area contributed by atoms with Gasteiger partial charge < -0.3 is 4.90 Å². The molecule has 0 spiro atoms. The van der Waals surface area contributed by atoms with Gasteiger partial charge in [0.2, 0.25) is 10.0 Å². The fourth-order valence-electron chi connectivity index (χ4n) is 5.27. The van der Waals surface area contributed by atoms with Crippen molar-refractivity contribution in [1.82, 2.24) is 0 Å². The van der Waals surface area contributed by atoms with Crippen LogP contribution in [0.15, 0.2) is 99.3 Å². The first kappa shape index (κ1) is 29.5. The molecular weight excluding hydrogens is 593 g/mol. The number of nitriles is 1. The summed E-state index contributed by atoms with van der Waals surface area (Å²) in [5.74, 6) is -0.540. The van der Waals surface area contributed by atoms with Crippen molar-refractivity contribution in [3.05, 3.63) is 111 Å². The van der Waals surface area contributed by atoms with E-state index in [9.17, 15) is 18.5 Å². The second-order valence-corrected chi connectivity index (χ2v) is 12.6. The van der Waals surface area contributed by atoms with E-state index in [4.69, 9.17) is 33.3 Å². The van der Waals surface area contributed by atoms with Crippen molar-refractivity contribution in [3.63, 3.8) is 0 Å². The lowest BCUT2D eigenvalue weighted by molar-refractivity contribution is -0.116. The Kier molecular flexibility index (Phi) is 8.26. The van der Waals surface area contributed by atoms with Crippen LogP contribution in [0, 0.1) is 11.3 Å². The van der Waals surface area contributed by atoms with Crippen LogP contribution in [0.4, 0.5) is 11.4 Å². The van der Waals surface area contributed by atoms with Crippen molar-refractivity contribution in [2.45, 2.75) is 30.1 Å². The van der Waals surface area contributed by atoms with E-state index in [1.165, 1.54) is 12.1 Å². The summed E-state index contributed by atoms with van der Waals surface area (Å²) in [6.07, 6.45) is 3.13. The third-order valence-electron chi connectivity index (χ3n) is 7.29. The first-order valence-corrected chi connectivity index (χ1v) is 15.4. The number of hydrogen-bond acceptors (Lipinski definition) is 7. The van der Waals surface area contributed by atoms with E-state index in [0.29, 0.717) is 57.6 Å². The largest absolute Gasteiger partial charge is 0.378 e. The first-order chi connectivity index (χ1) is 20.0. The van der Waals surface area contributed by atoms with Gasteiger partial charge in [0.05, 0.1) is 22.5 Å². The fourth-order valence-corrected chi connectivity index (χ4v) is 6.31. The van der Waals surface area contributed by atoms with Crippen molar-refractivity contribution in [2.24, 2.45) is 10.1 Å². The van der Waals surface area contributed by atoms with Crippen LogP contribution >= 0.6 is 23.2 Å². The molecule has 11 heteroatoms. The molecule has 1 unspecified atom stereocenters. The molecule has 2 aliphatic rings. The maximum absolute atomic E-state index is 13.6.